The van der Waals surface area contributed by atoms with E-state index in [9.17, 15) is 14.7 Å². The third-order valence-corrected chi connectivity index (χ3v) is 8.90. The van der Waals surface area contributed by atoms with Crippen LogP contribution < -0.4 is 16.4 Å². The molecule has 0 aliphatic carbocycles. The minimum Gasteiger partial charge on any atom is -0.397 e. The van der Waals surface area contributed by atoms with Gasteiger partial charge in [-0.1, -0.05) is 55.0 Å². The monoisotopic (exact) mass is 644 g/mol. The fraction of sp³-hybridized carbons (Fsp3) is 0.459. The number of benzene rings is 3. The molecule has 4 atom stereocenters. The number of nitrogens with zero attached hydrogens (tertiary/aromatic N) is 1. The minimum atomic E-state index is -0.603. The number of anilines is 3. The zero-order chi connectivity index (χ0) is 33.0. The number of unbranched alkanes of at least 4 members (excludes halogenated alkanes) is 2. The highest BCUT2D eigenvalue weighted by Crippen LogP contribution is 2.39. The fourth-order valence-corrected chi connectivity index (χ4v) is 6.37. The Morgan fingerprint density at radius 1 is 0.936 bits per heavy atom. The lowest BCUT2D eigenvalue weighted by Crippen LogP contribution is -2.42. The summed E-state index contributed by atoms with van der Waals surface area (Å²) in [6, 6.07) is 23.1. The number of hydrogen-bond donors (Lipinski definition) is 4. The number of hydrogen-bond acceptors (Lipinski definition) is 8. The third-order valence-electron chi connectivity index (χ3n) is 8.90. The summed E-state index contributed by atoms with van der Waals surface area (Å²) in [6.07, 6.45) is 5.00. The number of amides is 2. The van der Waals surface area contributed by atoms with E-state index < -0.39 is 6.29 Å². The molecule has 0 radical (unpaired) electrons. The lowest BCUT2D eigenvalue weighted by atomic mass is 9.99. The van der Waals surface area contributed by atoms with E-state index in [-0.39, 0.29) is 30.6 Å². The molecule has 5 rings (SSSR count). The SMILES string of the molecule is COCC1CCCN1CC1CC(c2ccc(CO)cc2)OC(c2cccc(NC(=O)CCCCCC(=O)Nc3ccccc3N)c2)O1. The van der Waals surface area contributed by atoms with Gasteiger partial charge in [-0.25, -0.2) is 0 Å². The zero-order valence-corrected chi connectivity index (χ0v) is 27.2. The van der Waals surface area contributed by atoms with Crippen molar-refractivity contribution in [2.24, 2.45) is 0 Å². The second-order valence-electron chi connectivity index (χ2n) is 12.5. The van der Waals surface area contributed by atoms with Crippen LogP contribution in [0.3, 0.4) is 0 Å². The number of methoxy groups -OCH3 is 1. The van der Waals surface area contributed by atoms with Crippen LogP contribution in [0.5, 0.6) is 0 Å². The molecule has 2 fully saturated rings. The highest BCUT2D eigenvalue weighted by Gasteiger charge is 2.35. The average Bonchev–Trinajstić information content (AvgIpc) is 3.52. The maximum Gasteiger partial charge on any atom is 0.224 e. The number of rotatable bonds is 15. The molecular weight excluding hydrogens is 596 g/mol. The first-order chi connectivity index (χ1) is 22.9. The predicted octanol–water partition coefficient (Wildman–Crippen LogP) is 5.95. The van der Waals surface area contributed by atoms with Gasteiger partial charge in [0.15, 0.2) is 6.29 Å². The van der Waals surface area contributed by atoms with Gasteiger partial charge in [-0.2, -0.15) is 0 Å². The summed E-state index contributed by atoms with van der Waals surface area (Å²) >= 11 is 0. The molecular formula is C37H48N4O6. The fourth-order valence-electron chi connectivity index (χ4n) is 6.37. The molecule has 0 saturated carbocycles. The molecule has 2 saturated heterocycles. The number of carbonyl (C=O) groups is 2. The molecule has 0 bridgehead atoms. The Balaban J connectivity index is 1.15. The van der Waals surface area contributed by atoms with Gasteiger partial charge in [-0.3, -0.25) is 14.5 Å². The van der Waals surface area contributed by atoms with E-state index in [1.54, 1.807) is 19.2 Å². The summed E-state index contributed by atoms with van der Waals surface area (Å²) in [4.78, 5) is 27.5. The first-order valence-electron chi connectivity index (χ1n) is 16.7. The van der Waals surface area contributed by atoms with Crippen molar-refractivity contribution in [2.75, 3.05) is 43.2 Å². The Kier molecular flexibility index (Phi) is 12.8. The van der Waals surface area contributed by atoms with Crippen LogP contribution >= 0.6 is 0 Å². The first-order valence-corrected chi connectivity index (χ1v) is 16.7. The smallest absolute Gasteiger partial charge is 0.224 e. The van der Waals surface area contributed by atoms with Crippen LogP contribution in [-0.4, -0.2) is 60.8 Å². The standard InChI is InChI=1S/C37H48N4O6/c1-45-25-30-11-8-20-41(30)23-31-22-34(27-18-16-26(24-42)17-19-27)47-37(46-31)28-9-7-10-29(21-28)39-35(43)14-3-2-4-15-36(44)40-33-13-6-5-12-32(33)38/h5-7,9-10,12-13,16-19,21,30-31,34,37,42H,2-4,8,11,14-15,20,22-25,38H2,1H3,(H,39,43)(H,40,44). The van der Waals surface area contributed by atoms with Crippen molar-refractivity contribution in [3.8, 4) is 0 Å². The predicted molar refractivity (Wildman–Crippen MR) is 183 cm³/mol. The molecule has 2 heterocycles. The number of nitrogens with two attached hydrogens (primary N) is 1. The van der Waals surface area contributed by atoms with Gasteiger partial charge >= 0.3 is 0 Å². The van der Waals surface area contributed by atoms with Crippen molar-refractivity contribution in [2.45, 2.75) is 82.5 Å². The van der Waals surface area contributed by atoms with E-state index in [2.05, 4.69) is 15.5 Å². The summed E-state index contributed by atoms with van der Waals surface area (Å²) in [6.45, 7) is 2.51. The van der Waals surface area contributed by atoms with E-state index in [0.717, 1.165) is 49.0 Å². The van der Waals surface area contributed by atoms with E-state index >= 15 is 0 Å². The summed E-state index contributed by atoms with van der Waals surface area (Å²) in [5.74, 6) is -0.162. The number of carbonyl (C=O) groups excluding carboxylic acids is 2. The van der Waals surface area contributed by atoms with Gasteiger partial charge in [0.05, 0.1) is 36.8 Å². The molecule has 2 aliphatic heterocycles. The van der Waals surface area contributed by atoms with Crippen molar-refractivity contribution in [3.05, 3.63) is 89.5 Å². The molecule has 0 aromatic heterocycles. The molecule has 10 heteroatoms. The Hall–Kier alpha value is -3.80. The van der Waals surface area contributed by atoms with Crippen molar-refractivity contribution < 1.29 is 28.9 Å². The van der Waals surface area contributed by atoms with Crippen molar-refractivity contribution in [1.82, 2.24) is 4.90 Å². The lowest BCUT2D eigenvalue weighted by Gasteiger charge is -2.39. The topological polar surface area (TPSA) is 135 Å². The molecule has 4 unspecified atom stereocenters. The average molecular weight is 645 g/mol. The number of nitrogens with one attached hydrogen (secondary N) is 2. The molecule has 2 aliphatic rings. The van der Waals surface area contributed by atoms with Crippen LogP contribution in [-0.2, 0) is 30.4 Å². The van der Waals surface area contributed by atoms with E-state index in [1.165, 1.54) is 0 Å². The highest BCUT2D eigenvalue weighted by molar-refractivity contribution is 5.93. The molecule has 3 aromatic carbocycles. The molecule has 3 aromatic rings. The van der Waals surface area contributed by atoms with Crippen LogP contribution in [0, 0.1) is 0 Å². The molecule has 5 N–H and O–H groups in total. The van der Waals surface area contributed by atoms with E-state index in [0.29, 0.717) is 61.8 Å². The van der Waals surface area contributed by atoms with Gasteiger partial charge in [0, 0.05) is 50.2 Å². The van der Waals surface area contributed by atoms with Crippen LogP contribution in [0.2, 0.25) is 0 Å². The number of para-hydroxylation sites is 2. The second kappa shape index (κ2) is 17.4. The maximum absolute atomic E-state index is 12.8. The Labute approximate surface area is 277 Å². The number of nitrogen functional groups attached to an aromatic ring is 1. The van der Waals surface area contributed by atoms with Crippen molar-refractivity contribution >= 4 is 28.9 Å². The first kappa shape index (κ1) is 34.5. The summed E-state index contributed by atoms with van der Waals surface area (Å²) in [5.41, 5.74) is 10.5. The van der Waals surface area contributed by atoms with Crippen LogP contribution in [0.25, 0.3) is 0 Å². The van der Waals surface area contributed by atoms with Crippen LogP contribution in [0.1, 0.15) is 80.5 Å². The molecule has 47 heavy (non-hydrogen) atoms. The quantitative estimate of drug-likeness (QED) is 0.118. The summed E-state index contributed by atoms with van der Waals surface area (Å²) < 4.78 is 18.6. The molecule has 0 spiro atoms. The number of ether oxygens (including phenoxy) is 3. The number of likely N-dealkylation sites (tertiary alicyclic amines) is 1. The minimum absolute atomic E-state index is 0.00360. The van der Waals surface area contributed by atoms with Crippen molar-refractivity contribution in [3.63, 3.8) is 0 Å². The van der Waals surface area contributed by atoms with Gasteiger partial charge < -0.3 is 35.7 Å². The van der Waals surface area contributed by atoms with E-state index in [1.807, 2.05) is 60.7 Å². The largest absolute Gasteiger partial charge is 0.397 e. The number of aliphatic hydroxyl groups is 1. The summed E-state index contributed by atoms with van der Waals surface area (Å²) in [7, 11) is 1.75. The second-order valence-corrected chi connectivity index (χ2v) is 12.5. The van der Waals surface area contributed by atoms with E-state index in [4.69, 9.17) is 19.9 Å². The Morgan fingerprint density at radius 2 is 1.70 bits per heavy atom. The highest BCUT2D eigenvalue weighted by atomic mass is 16.7. The zero-order valence-electron chi connectivity index (χ0n) is 27.2. The molecule has 2 amide bonds. The van der Waals surface area contributed by atoms with Crippen molar-refractivity contribution in [1.29, 1.82) is 0 Å². The van der Waals surface area contributed by atoms with Gasteiger partial charge in [0.25, 0.3) is 0 Å². The van der Waals surface area contributed by atoms with Gasteiger partial charge in [-0.15, -0.1) is 0 Å². The Morgan fingerprint density at radius 3 is 2.45 bits per heavy atom. The maximum atomic E-state index is 12.8. The van der Waals surface area contributed by atoms with Gasteiger partial charge in [-0.05, 0) is 67.6 Å². The Bertz CT molecular complexity index is 1450. The summed E-state index contributed by atoms with van der Waals surface area (Å²) in [5, 5.41) is 15.4. The van der Waals surface area contributed by atoms with Gasteiger partial charge in [0.1, 0.15) is 0 Å². The third kappa shape index (κ3) is 10.1. The van der Waals surface area contributed by atoms with Gasteiger partial charge in [0.2, 0.25) is 11.8 Å². The molecule has 252 valence electrons. The van der Waals surface area contributed by atoms with Crippen LogP contribution in [0.4, 0.5) is 17.1 Å². The molecule has 10 nitrogen and oxygen atoms in total. The normalized spacial score (nSPS) is 21.4. The number of aliphatic hydroxyl groups excluding tert-OH is 1. The van der Waals surface area contributed by atoms with Crippen LogP contribution in [0.15, 0.2) is 72.8 Å². The lowest BCUT2D eigenvalue weighted by molar-refractivity contribution is -0.253.